The molecule has 0 unspecified atom stereocenters. The van der Waals surface area contributed by atoms with Gasteiger partial charge < -0.3 is 35.1 Å². The number of alkyl carbamates (subject to hydrolysis) is 1. The molecule has 3 atom stereocenters. The molecule has 0 aliphatic carbocycles. The van der Waals surface area contributed by atoms with Crippen LogP contribution in [0.25, 0.3) is 0 Å². The van der Waals surface area contributed by atoms with Crippen molar-refractivity contribution in [3.63, 3.8) is 0 Å². The Morgan fingerprint density at radius 2 is 1.67 bits per heavy atom. The Morgan fingerprint density at radius 3 is 2.28 bits per heavy atom. The smallest absolute Gasteiger partial charge is 0.445 e. The zero-order chi connectivity index (χ0) is 27.3. The normalized spacial score (nSPS) is 16.0. The molecule has 1 saturated heterocycles. The van der Waals surface area contributed by atoms with Crippen molar-refractivity contribution < 1.29 is 33.9 Å². The third kappa shape index (κ3) is 10.4. The van der Waals surface area contributed by atoms with Crippen LogP contribution in [-0.2, 0) is 32.1 Å². The molecule has 10 nitrogen and oxygen atoms in total. The van der Waals surface area contributed by atoms with Crippen molar-refractivity contribution in [1.29, 1.82) is 0 Å². The standard InChI is InChI=1S/C27H36BN3O7.Li/c1-37-17-9-15-24(28(35)36)30-25(32)23-14-8-16-31(23)26(33)22(18-20-10-4-2-5-11-20)29-27(34)38-19-21-12-6-3-7-13-21;/h2-7,10-13,22-24,35-36H,8-9,14-19H2,1H3,(H,29,34)(H,30,32);/t22-,23+,24+;/m1./s1. The zero-order valence-corrected chi connectivity index (χ0v) is 22.6. The Labute approximate surface area is 241 Å². The van der Waals surface area contributed by atoms with E-state index in [9.17, 15) is 24.4 Å². The molecule has 1 aliphatic rings. The predicted molar refractivity (Wildman–Crippen MR) is 147 cm³/mol. The summed E-state index contributed by atoms with van der Waals surface area (Å²) >= 11 is 0. The van der Waals surface area contributed by atoms with E-state index in [4.69, 9.17) is 9.47 Å². The molecule has 0 bridgehead atoms. The van der Waals surface area contributed by atoms with Gasteiger partial charge in [0.2, 0.25) is 11.8 Å². The second-order valence-electron chi connectivity index (χ2n) is 9.30. The van der Waals surface area contributed by atoms with Crippen molar-refractivity contribution in [2.45, 2.75) is 56.7 Å². The Morgan fingerprint density at radius 1 is 1.03 bits per heavy atom. The second kappa shape index (κ2) is 17.0. The fourth-order valence-corrected chi connectivity index (χ4v) is 4.48. The number of benzene rings is 2. The SMILES string of the molecule is COCCC[C@H](NC(=O)[C@@H]1CCCN1C(=O)[C@@H](Cc1ccccc1)NC(=O)OCc1ccccc1)B(O)O.[Li]. The Kier molecular flexibility index (Phi) is 14.1. The average molecular weight is 532 g/mol. The summed E-state index contributed by atoms with van der Waals surface area (Å²) in [6.07, 6.45) is 1.37. The quantitative estimate of drug-likeness (QED) is 0.224. The summed E-state index contributed by atoms with van der Waals surface area (Å²) in [5.74, 6) is -1.75. The number of amides is 3. The molecule has 1 fully saturated rings. The van der Waals surface area contributed by atoms with Gasteiger partial charge in [0.05, 0.1) is 5.94 Å². The number of nitrogens with zero attached hydrogens (tertiary/aromatic N) is 1. The van der Waals surface area contributed by atoms with Crippen LogP contribution in [0, 0.1) is 0 Å². The first kappa shape index (κ1) is 32.4. The zero-order valence-electron chi connectivity index (χ0n) is 22.6. The second-order valence-corrected chi connectivity index (χ2v) is 9.30. The first-order valence-electron chi connectivity index (χ1n) is 12.9. The molecule has 1 heterocycles. The third-order valence-corrected chi connectivity index (χ3v) is 6.48. The molecule has 0 spiro atoms. The van der Waals surface area contributed by atoms with Crippen LogP contribution in [-0.4, -0.2) is 97.1 Å². The molecule has 3 amide bonds. The number of carbonyl (C=O) groups excluding carboxylic acids is 3. The topological polar surface area (TPSA) is 137 Å². The Hall–Kier alpha value is -2.81. The summed E-state index contributed by atoms with van der Waals surface area (Å²) in [7, 11) is -0.198. The minimum absolute atomic E-state index is 0. The van der Waals surface area contributed by atoms with Crippen molar-refractivity contribution in [2.24, 2.45) is 0 Å². The number of nitrogens with one attached hydrogen (secondary N) is 2. The first-order valence-corrected chi connectivity index (χ1v) is 12.9. The predicted octanol–water partition coefficient (Wildman–Crippen LogP) is 1.06. The number of ether oxygens (including phenoxy) is 2. The summed E-state index contributed by atoms with van der Waals surface area (Å²) < 4.78 is 10.3. The van der Waals surface area contributed by atoms with Crippen molar-refractivity contribution in [1.82, 2.24) is 15.5 Å². The van der Waals surface area contributed by atoms with Gasteiger partial charge in [-0.25, -0.2) is 4.79 Å². The van der Waals surface area contributed by atoms with E-state index >= 15 is 0 Å². The van der Waals surface area contributed by atoms with Crippen molar-refractivity contribution >= 4 is 43.9 Å². The number of rotatable bonds is 13. The van der Waals surface area contributed by atoms with Crippen LogP contribution in [0.4, 0.5) is 4.79 Å². The average Bonchev–Trinajstić information content (AvgIpc) is 3.42. The minimum atomic E-state index is -1.74. The van der Waals surface area contributed by atoms with Gasteiger partial charge >= 0.3 is 13.2 Å². The van der Waals surface area contributed by atoms with E-state index in [0.717, 1.165) is 11.1 Å². The number of hydrogen-bond acceptors (Lipinski definition) is 7. The van der Waals surface area contributed by atoms with Crippen LogP contribution in [0.1, 0.15) is 36.8 Å². The van der Waals surface area contributed by atoms with Crippen LogP contribution in [0.3, 0.4) is 0 Å². The molecule has 4 N–H and O–H groups in total. The molecule has 12 heteroatoms. The molecule has 2 aromatic rings. The number of carbonyl (C=O) groups is 3. The number of methoxy groups -OCH3 is 1. The molecule has 2 aromatic carbocycles. The molecule has 205 valence electrons. The van der Waals surface area contributed by atoms with E-state index in [1.165, 1.54) is 4.90 Å². The summed E-state index contributed by atoms with van der Waals surface area (Å²) in [5.41, 5.74) is 1.66. The number of hydrogen-bond donors (Lipinski definition) is 4. The van der Waals surface area contributed by atoms with Crippen molar-refractivity contribution in [3.05, 3.63) is 71.8 Å². The fourth-order valence-electron chi connectivity index (χ4n) is 4.48. The van der Waals surface area contributed by atoms with Crippen LogP contribution in [0.2, 0.25) is 0 Å². The van der Waals surface area contributed by atoms with Gasteiger partial charge in [-0.3, -0.25) is 9.59 Å². The summed E-state index contributed by atoms with van der Waals surface area (Å²) in [6.45, 7) is 0.820. The Balaban J connectivity index is 0.00000533. The van der Waals surface area contributed by atoms with Gasteiger partial charge in [-0.15, -0.1) is 0 Å². The monoisotopic (exact) mass is 532 g/mol. The molecule has 39 heavy (non-hydrogen) atoms. The van der Waals surface area contributed by atoms with Gasteiger partial charge in [0.25, 0.3) is 0 Å². The molecule has 1 radical (unpaired) electrons. The van der Waals surface area contributed by atoms with Gasteiger partial charge in [0.15, 0.2) is 0 Å². The van der Waals surface area contributed by atoms with Gasteiger partial charge in [0.1, 0.15) is 18.7 Å². The van der Waals surface area contributed by atoms with Crippen LogP contribution >= 0.6 is 0 Å². The van der Waals surface area contributed by atoms with Crippen molar-refractivity contribution in [2.75, 3.05) is 20.3 Å². The maximum absolute atomic E-state index is 13.7. The molecule has 0 aromatic heterocycles. The number of likely N-dealkylation sites (tertiary alicyclic amines) is 1. The van der Waals surface area contributed by atoms with Gasteiger partial charge in [-0.05, 0) is 36.8 Å². The molecule has 0 saturated carbocycles. The first-order chi connectivity index (χ1) is 18.4. The van der Waals surface area contributed by atoms with Gasteiger partial charge in [-0.1, -0.05) is 60.7 Å². The van der Waals surface area contributed by atoms with Crippen LogP contribution in [0.15, 0.2) is 60.7 Å². The van der Waals surface area contributed by atoms with E-state index in [0.29, 0.717) is 38.8 Å². The van der Waals surface area contributed by atoms with Crippen molar-refractivity contribution in [3.8, 4) is 0 Å². The summed E-state index contributed by atoms with van der Waals surface area (Å²) in [4.78, 5) is 40.9. The van der Waals surface area contributed by atoms with Crippen LogP contribution < -0.4 is 10.6 Å². The maximum atomic E-state index is 13.7. The largest absolute Gasteiger partial charge is 0.475 e. The summed E-state index contributed by atoms with van der Waals surface area (Å²) in [5, 5.41) is 24.8. The van der Waals surface area contributed by atoms with E-state index in [1.807, 2.05) is 60.7 Å². The minimum Gasteiger partial charge on any atom is -0.445 e. The van der Waals surface area contributed by atoms with Gasteiger partial charge in [0, 0.05) is 45.5 Å². The van der Waals surface area contributed by atoms with E-state index < -0.39 is 43.1 Å². The van der Waals surface area contributed by atoms with Crippen LogP contribution in [0.5, 0.6) is 0 Å². The Bertz CT molecular complexity index is 1030. The van der Waals surface area contributed by atoms with Gasteiger partial charge in [-0.2, -0.15) is 0 Å². The molecule has 1 aliphatic heterocycles. The summed E-state index contributed by atoms with van der Waals surface area (Å²) in [6, 6.07) is 16.8. The maximum Gasteiger partial charge on any atom is 0.475 e. The van der Waals surface area contributed by atoms with E-state index in [-0.39, 0.29) is 31.9 Å². The van der Waals surface area contributed by atoms with E-state index in [1.54, 1.807) is 7.11 Å². The van der Waals surface area contributed by atoms with E-state index in [2.05, 4.69) is 10.6 Å². The molecular formula is C27H36BLiN3O7. The fraction of sp³-hybridized carbons (Fsp3) is 0.444. The third-order valence-electron chi connectivity index (χ3n) is 6.48. The molecular weight excluding hydrogens is 496 g/mol. The molecule has 3 rings (SSSR count).